The first kappa shape index (κ1) is 15.0. The predicted octanol–water partition coefficient (Wildman–Crippen LogP) is 5.13. The molecule has 0 aromatic heterocycles. The summed E-state index contributed by atoms with van der Waals surface area (Å²) in [7, 11) is 0. The van der Waals surface area contributed by atoms with Crippen molar-refractivity contribution in [2.45, 2.75) is 13.8 Å². The number of hydrogen-bond donors (Lipinski definition) is 2. The van der Waals surface area contributed by atoms with Gasteiger partial charge in [-0.05, 0) is 49.2 Å². The van der Waals surface area contributed by atoms with Gasteiger partial charge in [0, 0.05) is 34.5 Å². The third-order valence-electron chi connectivity index (χ3n) is 3.14. The molecule has 0 spiro atoms. The molecule has 20 heavy (non-hydrogen) atoms. The van der Waals surface area contributed by atoms with E-state index in [0.29, 0.717) is 0 Å². The summed E-state index contributed by atoms with van der Waals surface area (Å²) in [4.78, 5) is 0. The molecule has 106 valence electrons. The minimum absolute atomic E-state index is 0.747. The summed E-state index contributed by atoms with van der Waals surface area (Å²) in [6, 6.07) is 11.8. The fourth-order valence-corrected chi connectivity index (χ4v) is 2.24. The van der Waals surface area contributed by atoms with Gasteiger partial charge in [-0.2, -0.15) is 0 Å². The van der Waals surface area contributed by atoms with E-state index < -0.39 is 0 Å². The van der Waals surface area contributed by atoms with Gasteiger partial charge < -0.3 is 10.6 Å². The predicted molar refractivity (Wildman–Crippen MR) is 89.4 cm³/mol. The fourth-order valence-electron chi connectivity index (χ4n) is 1.89. The molecule has 4 heteroatoms. The smallest absolute Gasteiger partial charge is 0.0455 e. The maximum Gasteiger partial charge on any atom is 0.0455 e. The monoisotopic (exact) mass is 308 g/mol. The summed E-state index contributed by atoms with van der Waals surface area (Å²) in [5, 5.41) is 8.24. The lowest BCUT2D eigenvalue weighted by Gasteiger charge is -2.12. The van der Waals surface area contributed by atoms with Crippen LogP contribution in [-0.2, 0) is 0 Å². The molecule has 0 saturated heterocycles. The number of benzene rings is 2. The molecule has 0 aliphatic heterocycles. The topological polar surface area (TPSA) is 24.1 Å². The van der Waals surface area contributed by atoms with E-state index >= 15 is 0 Å². The van der Waals surface area contributed by atoms with Crippen molar-refractivity contribution in [2.24, 2.45) is 0 Å². The molecule has 0 fully saturated rings. The van der Waals surface area contributed by atoms with Crippen molar-refractivity contribution in [1.82, 2.24) is 0 Å². The van der Waals surface area contributed by atoms with Crippen molar-refractivity contribution >= 4 is 34.6 Å². The number of anilines is 2. The van der Waals surface area contributed by atoms with Gasteiger partial charge in [0.1, 0.15) is 0 Å². The van der Waals surface area contributed by atoms with Crippen molar-refractivity contribution in [3.8, 4) is 0 Å². The van der Waals surface area contributed by atoms with Crippen LogP contribution in [0.15, 0.2) is 36.4 Å². The minimum Gasteiger partial charge on any atom is -0.383 e. The number of aryl methyl sites for hydroxylation is 2. The minimum atomic E-state index is 0.747. The molecule has 2 aromatic carbocycles. The lowest BCUT2D eigenvalue weighted by atomic mass is 10.2. The van der Waals surface area contributed by atoms with E-state index in [9.17, 15) is 0 Å². The first-order chi connectivity index (χ1) is 9.56. The molecular weight excluding hydrogens is 291 g/mol. The zero-order valence-corrected chi connectivity index (χ0v) is 13.1. The summed E-state index contributed by atoms with van der Waals surface area (Å²) < 4.78 is 0. The quantitative estimate of drug-likeness (QED) is 0.748. The van der Waals surface area contributed by atoms with Crippen LogP contribution in [0, 0.1) is 13.8 Å². The van der Waals surface area contributed by atoms with E-state index in [2.05, 4.69) is 17.6 Å². The Balaban J connectivity index is 1.84. The molecule has 0 radical (unpaired) electrons. The van der Waals surface area contributed by atoms with Crippen molar-refractivity contribution < 1.29 is 0 Å². The molecule has 2 rings (SSSR count). The molecule has 0 aliphatic rings. The number of hydrogen-bond acceptors (Lipinski definition) is 2. The fraction of sp³-hybridized carbons (Fsp3) is 0.250. The van der Waals surface area contributed by atoms with E-state index in [1.165, 1.54) is 5.56 Å². The SMILES string of the molecule is Cc1ccc(NCCNc2cc(Cl)ccc2C)cc1Cl. The molecule has 2 N–H and O–H groups in total. The Kier molecular flexibility index (Phi) is 5.16. The van der Waals surface area contributed by atoms with Gasteiger partial charge in [-0.3, -0.25) is 0 Å². The van der Waals surface area contributed by atoms with Crippen molar-refractivity contribution in [2.75, 3.05) is 23.7 Å². The first-order valence-electron chi connectivity index (χ1n) is 6.56. The number of halogens is 2. The van der Waals surface area contributed by atoms with Gasteiger partial charge in [0.25, 0.3) is 0 Å². The van der Waals surface area contributed by atoms with Crippen LogP contribution in [0.5, 0.6) is 0 Å². The highest BCUT2D eigenvalue weighted by Crippen LogP contribution is 2.21. The van der Waals surface area contributed by atoms with E-state index in [-0.39, 0.29) is 0 Å². The zero-order chi connectivity index (χ0) is 14.5. The molecular formula is C16H18Cl2N2. The van der Waals surface area contributed by atoms with Crippen LogP contribution in [0.25, 0.3) is 0 Å². The Bertz CT molecular complexity index is 597. The van der Waals surface area contributed by atoms with Gasteiger partial charge in [-0.15, -0.1) is 0 Å². The number of nitrogens with one attached hydrogen (secondary N) is 2. The van der Waals surface area contributed by atoms with Gasteiger partial charge in [-0.1, -0.05) is 35.3 Å². The van der Waals surface area contributed by atoms with Crippen LogP contribution in [0.4, 0.5) is 11.4 Å². The normalized spacial score (nSPS) is 10.4. The maximum atomic E-state index is 6.09. The Hall–Kier alpha value is -1.38. The largest absolute Gasteiger partial charge is 0.383 e. The molecule has 0 heterocycles. The molecule has 0 unspecified atom stereocenters. The Morgan fingerprint density at radius 2 is 1.55 bits per heavy atom. The second-order valence-corrected chi connectivity index (χ2v) is 5.62. The van der Waals surface area contributed by atoms with Gasteiger partial charge in [0.05, 0.1) is 0 Å². The summed E-state index contributed by atoms with van der Waals surface area (Å²) in [5.41, 5.74) is 4.38. The van der Waals surface area contributed by atoms with Gasteiger partial charge in [0.2, 0.25) is 0 Å². The van der Waals surface area contributed by atoms with Gasteiger partial charge in [0.15, 0.2) is 0 Å². The summed E-state index contributed by atoms with van der Waals surface area (Å²) in [6.45, 7) is 5.68. The van der Waals surface area contributed by atoms with Crippen molar-refractivity contribution in [3.05, 3.63) is 57.6 Å². The Labute approximate surface area is 130 Å². The Morgan fingerprint density at radius 1 is 0.850 bits per heavy atom. The van der Waals surface area contributed by atoms with E-state index in [1.807, 2.05) is 43.3 Å². The van der Waals surface area contributed by atoms with Gasteiger partial charge in [-0.25, -0.2) is 0 Å². The molecule has 0 amide bonds. The van der Waals surface area contributed by atoms with Crippen LogP contribution in [0.1, 0.15) is 11.1 Å². The van der Waals surface area contributed by atoms with Crippen molar-refractivity contribution in [3.63, 3.8) is 0 Å². The number of rotatable bonds is 5. The molecule has 2 aromatic rings. The molecule has 0 aliphatic carbocycles. The van der Waals surface area contributed by atoms with Crippen molar-refractivity contribution in [1.29, 1.82) is 0 Å². The van der Waals surface area contributed by atoms with Crippen LogP contribution >= 0.6 is 23.2 Å². The first-order valence-corrected chi connectivity index (χ1v) is 7.32. The average Bonchev–Trinajstić information content (AvgIpc) is 2.42. The lowest BCUT2D eigenvalue weighted by Crippen LogP contribution is -2.14. The highest BCUT2D eigenvalue weighted by atomic mass is 35.5. The van der Waals surface area contributed by atoms with Crippen LogP contribution in [0.3, 0.4) is 0 Å². The second kappa shape index (κ2) is 6.87. The van der Waals surface area contributed by atoms with E-state index in [1.54, 1.807) is 0 Å². The summed E-state index contributed by atoms with van der Waals surface area (Å²) in [5.74, 6) is 0. The van der Waals surface area contributed by atoms with E-state index in [0.717, 1.165) is 40.1 Å². The summed E-state index contributed by atoms with van der Waals surface area (Å²) >= 11 is 12.1. The van der Waals surface area contributed by atoms with Crippen LogP contribution < -0.4 is 10.6 Å². The zero-order valence-electron chi connectivity index (χ0n) is 11.6. The summed E-state index contributed by atoms with van der Waals surface area (Å²) in [6.07, 6.45) is 0. The standard InChI is InChI=1S/C16H18Cl2N2/c1-11-4-6-14(10-15(11)18)19-7-8-20-16-9-13(17)5-3-12(16)2/h3-6,9-10,19-20H,7-8H2,1-2H3. The van der Waals surface area contributed by atoms with Crippen LogP contribution in [-0.4, -0.2) is 13.1 Å². The molecule has 2 nitrogen and oxygen atoms in total. The second-order valence-electron chi connectivity index (χ2n) is 4.78. The third-order valence-corrected chi connectivity index (χ3v) is 3.78. The molecule has 0 saturated carbocycles. The highest BCUT2D eigenvalue weighted by molar-refractivity contribution is 6.31. The van der Waals surface area contributed by atoms with E-state index in [4.69, 9.17) is 23.2 Å². The average molecular weight is 309 g/mol. The third kappa shape index (κ3) is 4.06. The lowest BCUT2D eigenvalue weighted by molar-refractivity contribution is 1.07. The Morgan fingerprint density at radius 3 is 2.30 bits per heavy atom. The molecule has 0 atom stereocenters. The van der Waals surface area contributed by atoms with Crippen LogP contribution in [0.2, 0.25) is 10.0 Å². The maximum absolute atomic E-state index is 6.09. The molecule has 0 bridgehead atoms. The highest BCUT2D eigenvalue weighted by Gasteiger charge is 2.00. The van der Waals surface area contributed by atoms with Gasteiger partial charge >= 0.3 is 0 Å².